The molecule has 2 aliphatic rings. The highest BCUT2D eigenvalue weighted by atomic mass is 32.1. The summed E-state index contributed by atoms with van der Waals surface area (Å²) in [4.78, 5) is 3.91. The van der Waals surface area contributed by atoms with Gasteiger partial charge < -0.3 is 0 Å². The largest absolute Gasteiger partial charge is 0.246 e. The van der Waals surface area contributed by atoms with Crippen LogP contribution in [0.15, 0.2) is 29.2 Å². The van der Waals surface area contributed by atoms with E-state index in [1.807, 2.05) is 12.3 Å². The third kappa shape index (κ3) is 0.795. The van der Waals surface area contributed by atoms with Gasteiger partial charge in [0.1, 0.15) is 6.34 Å². The Morgan fingerprint density at radius 2 is 2.50 bits per heavy atom. The molecule has 0 amide bonds. The van der Waals surface area contributed by atoms with Crippen molar-refractivity contribution in [2.24, 2.45) is 4.99 Å². The minimum absolute atomic E-state index is 1.03. The molecule has 2 heterocycles. The topological polar surface area (TPSA) is 30.9 Å². The zero-order valence-corrected chi connectivity index (χ0v) is 5.99. The molecule has 10 heavy (non-hydrogen) atoms. The quantitative estimate of drug-likeness (QED) is 0.491. The maximum absolute atomic E-state index is 4.06. The van der Waals surface area contributed by atoms with Crippen molar-refractivity contribution in [1.82, 2.24) is 15.0 Å². The number of fused-ring (bicyclic) bond motifs is 1. The number of hydrazine groups is 2. The van der Waals surface area contributed by atoms with E-state index in [9.17, 15) is 0 Å². The zero-order valence-electron chi connectivity index (χ0n) is 5.10. The number of thiol groups is 1. The van der Waals surface area contributed by atoms with Gasteiger partial charge in [-0.15, -0.1) is 5.53 Å². The van der Waals surface area contributed by atoms with Crippen LogP contribution in [0.25, 0.3) is 0 Å². The van der Waals surface area contributed by atoms with E-state index in [1.54, 1.807) is 22.0 Å². The fourth-order valence-electron chi connectivity index (χ4n) is 0.825. The summed E-state index contributed by atoms with van der Waals surface area (Å²) >= 11 is 4.06. The van der Waals surface area contributed by atoms with Gasteiger partial charge in [-0.05, 0) is 18.9 Å². The summed E-state index contributed by atoms with van der Waals surface area (Å²) in [5.74, 6) is 0. The Morgan fingerprint density at radius 1 is 1.60 bits per heavy atom. The molecule has 0 fully saturated rings. The first-order valence-corrected chi connectivity index (χ1v) is 3.21. The van der Waals surface area contributed by atoms with Gasteiger partial charge in [-0.25, -0.2) is 14.4 Å². The lowest BCUT2D eigenvalue weighted by Gasteiger charge is -2.16. The fraction of sp³-hybridized carbons (Fsp3) is 0. The van der Waals surface area contributed by atoms with Gasteiger partial charge in [0, 0.05) is 6.20 Å². The molecule has 0 saturated heterocycles. The summed E-state index contributed by atoms with van der Waals surface area (Å²) in [6.07, 6.45) is 7.16. The normalized spacial score (nSPS) is 21.5. The van der Waals surface area contributed by atoms with Crippen LogP contribution in [-0.4, -0.2) is 15.8 Å². The maximum atomic E-state index is 4.06. The predicted octanol–water partition coefficient (Wildman–Crippen LogP) is 0.265. The SMILES string of the molecule is SN1C=C2C=CN=CN2N1. The van der Waals surface area contributed by atoms with Crippen molar-refractivity contribution in [3.05, 3.63) is 24.2 Å². The third-order valence-electron chi connectivity index (χ3n) is 1.26. The van der Waals surface area contributed by atoms with Crippen molar-refractivity contribution < 1.29 is 0 Å². The first-order valence-electron chi connectivity index (χ1n) is 2.81. The van der Waals surface area contributed by atoms with Gasteiger partial charge >= 0.3 is 0 Å². The van der Waals surface area contributed by atoms with Crippen LogP contribution in [0.3, 0.4) is 0 Å². The number of nitrogens with zero attached hydrogens (tertiary/aromatic N) is 3. The van der Waals surface area contributed by atoms with E-state index >= 15 is 0 Å². The summed E-state index contributed by atoms with van der Waals surface area (Å²) in [7, 11) is 0. The van der Waals surface area contributed by atoms with Gasteiger partial charge in [0.2, 0.25) is 0 Å². The molecule has 4 nitrogen and oxygen atoms in total. The molecule has 0 aliphatic carbocycles. The average Bonchev–Trinajstić information content (AvgIpc) is 2.27. The molecule has 52 valence electrons. The minimum Gasteiger partial charge on any atom is -0.246 e. The first-order chi connectivity index (χ1) is 4.86. The summed E-state index contributed by atoms with van der Waals surface area (Å²) < 4.78 is 1.57. The van der Waals surface area contributed by atoms with Crippen molar-refractivity contribution >= 4 is 19.2 Å². The number of aliphatic imine (C=N–C) groups is 1. The van der Waals surface area contributed by atoms with Crippen LogP contribution in [-0.2, 0) is 0 Å². The number of rotatable bonds is 0. The Labute approximate surface area is 64.0 Å². The molecular formula is C5H6N4S. The number of allylic oxidation sites excluding steroid dienone is 1. The minimum atomic E-state index is 1.03. The molecule has 0 unspecified atom stereocenters. The third-order valence-corrected chi connectivity index (χ3v) is 1.46. The van der Waals surface area contributed by atoms with Gasteiger partial charge in [0.05, 0.1) is 11.9 Å². The molecule has 2 aliphatic heterocycles. The monoisotopic (exact) mass is 154 g/mol. The lowest BCUT2D eigenvalue weighted by atomic mass is 10.4. The van der Waals surface area contributed by atoms with Gasteiger partial charge in [0.15, 0.2) is 0 Å². The van der Waals surface area contributed by atoms with Gasteiger partial charge in [0.25, 0.3) is 0 Å². The maximum Gasteiger partial charge on any atom is 0.112 e. The van der Waals surface area contributed by atoms with E-state index in [2.05, 4.69) is 23.3 Å². The molecule has 0 aromatic rings. The summed E-state index contributed by atoms with van der Waals surface area (Å²) in [6.45, 7) is 0. The second-order valence-electron chi connectivity index (χ2n) is 1.95. The molecular weight excluding hydrogens is 148 g/mol. The smallest absolute Gasteiger partial charge is 0.112 e. The molecule has 1 N–H and O–H groups in total. The van der Waals surface area contributed by atoms with Crippen LogP contribution >= 0.6 is 12.8 Å². The zero-order chi connectivity index (χ0) is 6.97. The number of hydrogen-bond donors (Lipinski definition) is 2. The molecule has 2 rings (SSSR count). The highest BCUT2D eigenvalue weighted by Gasteiger charge is 2.15. The molecule has 0 aromatic carbocycles. The molecule has 0 saturated carbocycles. The van der Waals surface area contributed by atoms with E-state index in [0.29, 0.717) is 0 Å². The molecule has 5 heteroatoms. The van der Waals surface area contributed by atoms with E-state index in [1.165, 1.54) is 0 Å². The summed E-state index contributed by atoms with van der Waals surface area (Å²) in [5, 5.41) is 1.77. The first kappa shape index (κ1) is 5.82. The van der Waals surface area contributed by atoms with Gasteiger partial charge in [-0.1, -0.05) is 0 Å². The van der Waals surface area contributed by atoms with Crippen LogP contribution in [0.1, 0.15) is 0 Å². The molecule has 0 atom stereocenters. The highest BCUT2D eigenvalue weighted by Crippen LogP contribution is 2.14. The number of hydrogen-bond acceptors (Lipinski definition) is 5. The Morgan fingerprint density at radius 3 is 3.30 bits per heavy atom. The van der Waals surface area contributed by atoms with Gasteiger partial charge in [-0.3, -0.25) is 0 Å². The van der Waals surface area contributed by atoms with E-state index in [-0.39, 0.29) is 0 Å². The van der Waals surface area contributed by atoms with Gasteiger partial charge in [-0.2, -0.15) is 0 Å². The van der Waals surface area contributed by atoms with Crippen LogP contribution in [0.2, 0.25) is 0 Å². The van der Waals surface area contributed by atoms with E-state index < -0.39 is 0 Å². The Kier molecular flexibility index (Phi) is 1.18. The lowest BCUT2D eigenvalue weighted by molar-refractivity contribution is 0.310. The summed E-state index contributed by atoms with van der Waals surface area (Å²) in [6, 6.07) is 0. The van der Waals surface area contributed by atoms with Crippen molar-refractivity contribution in [3.63, 3.8) is 0 Å². The van der Waals surface area contributed by atoms with Crippen molar-refractivity contribution in [2.45, 2.75) is 0 Å². The lowest BCUT2D eigenvalue weighted by Crippen LogP contribution is -2.35. The average molecular weight is 154 g/mol. The van der Waals surface area contributed by atoms with Crippen molar-refractivity contribution in [1.29, 1.82) is 0 Å². The highest BCUT2D eigenvalue weighted by molar-refractivity contribution is 7.77. The van der Waals surface area contributed by atoms with Crippen molar-refractivity contribution in [3.8, 4) is 0 Å². The van der Waals surface area contributed by atoms with Crippen molar-refractivity contribution in [2.75, 3.05) is 0 Å². The van der Waals surface area contributed by atoms with Crippen LogP contribution in [0, 0.1) is 0 Å². The Balaban J connectivity index is 2.29. The van der Waals surface area contributed by atoms with E-state index in [4.69, 9.17) is 0 Å². The second kappa shape index (κ2) is 2.03. The number of nitrogens with one attached hydrogen (secondary N) is 1. The van der Waals surface area contributed by atoms with E-state index in [0.717, 1.165) is 5.70 Å². The van der Waals surface area contributed by atoms with Crippen LogP contribution < -0.4 is 5.53 Å². The Bertz CT molecular complexity index is 232. The predicted molar refractivity (Wildman–Crippen MR) is 41.5 cm³/mol. The Hall–Kier alpha value is -0.940. The molecule has 0 spiro atoms. The molecule has 0 radical (unpaired) electrons. The standard InChI is InChI=1S/C5H6N4S/c10-9-3-5-1-2-6-4-8(5)7-9/h1-4,7,10H. The van der Waals surface area contributed by atoms with Crippen LogP contribution in [0.4, 0.5) is 0 Å². The molecule has 0 bridgehead atoms. The molecule has 0 aromatic heterocycles. The second-order valence-corrected chi connectivity index (χ2v) is 2.38. The fourth-order valence-corrected chi connectivity index (χ4v) is 1.04. The van der Waals surface area contributed by atoms with Crippen LogP contribution in [0.5, 0.6) is 0 Å². The summed E-state index contributed by atoms with van der Waals surface area (Å²) in [5.41, 5.74) is 3.93.